The summed E-state index contributed by atoms with van der Waals surface area (Å²) in [5, 5.41) is 16.5. The molecule has 0 saturated heterocycles. The van der Waals surface area contributed by atoms with Crippen LogP contribution in [0.2, 0.25) is 0 Å². The molecule has 9 nitrogen and oxygen atoms in total. The molecule has 0 radical (unpaired) electrons. The third-order valence-corrected chi connectivity index (χ3v) is 4.49. The number of para-hydroxylation sites is 2. The molecule has 2 aromatic carbocycles. The Labute approximate surface area is 170 Å². The minimum absolute atomic E-state index is 0.00841. The predicted molar refractivity (Wildman–Crippen MR) is 107 cm³/mol. The number of anilines is 2. The monoisotopic (exact) mass is 415 g/mol. The quantitative estimate of drug-likeness (QED) is 0.318. The molecular weight excluding hydrogens is 398 g/mol. The summed E-state index contributed by atoms with van der Waals surface area (Å²) in [5.41, 5.74) is 1.21. The molecule has 29 heavy (non-hydrogen) atoms. The van der Waals surface area contributed by atoms with Gasteiger partial charge in [-0.15, -0.1) is 11.3 Å². The smallest absolute Gasteiger partial charge is 0.344 e. The van der Waals surface area contributed by atoms with Gasteiger partial charge in [-0.05, 0) is 30.3 Å². The van der Waals surface area contributed by atoms with Crippen LogP contribution in [-0.2, 0) is 16.1 Å². The van der Waals surface area contributed by atoms with Crippen LogP contribution in [0.15, 0.2) is 53.9 Å². The Morgan fingerprint density at radius 1 is 1.21 bits per heavy atom. The van der Waals surface area contributed by atoms with E-state index in [0.29, 0.717) is 10.8 Å². The van der Waals surface area contributed by atoms with Crippen LogP contribution in [0.25, 0.3) is 0 Å². The van der Waals surface area contributed by atoms with Gasteiger partial charge >= 0.3 is 11.7 Å². The van der Waals surface area contributed by atoms with Crippen molar-refractivity contribution < 1.29 is 23.9 Å². The molecule has 0 aliphatic heterocycles. The average molecular weight is 415 g/mol. The number of aromatic nitrogens is 1. The molecule has 3 rings (SSSR count). The highest BCUT2D eigenvalue weighted by molar-refractivity contribution is 7.13. The summed E-state index contributed by atoms with van der Waals surface area (Å²) in [7, 11) is 1.60. The highest BCUT2D eigenvalue weighted by Crippen LogP contribution is 2.26. The highest BCUT2D eigenvalue weighted by atomic mass is 32.1. The van der Waals surface area contributed by atoms with E-state index >= 15 is 0 Å². The lowest BCUT2D eigenvalue weighted by Gasteiger charge is -2.06. The van der Waals surface area contributed by atoms with E-state index < -0.39 is 17.5 Å². The topological polar surface area (TPSA) is 113 Å². The number of benzene rings is 2. The number of ether oxygens (including phenoxy) is 3. The van der Waals surface area contributed by atoms with E-state index in [1.165, 1.54) is 29.5 Å². The van der Waals surface area contributed by atoms with Crippen molar-refractivity contribution in [3.63, 3.8) is 0 Å². The zero-order chi connectivity index (χ0) is 20.6. The lowest BCUT2D eigenvalue weighted by molar-refractivity contribution is -0.385. The number of nitrogens with zero attached hydrogens (tertiary/aromatic N) is 2. The van der Waals surface area contributed by atoms with Crippen LogP contribution in [0.1, 0.15) is 5.69 Å². The Bertz CT molecular complexity index is 990. The summed E-state index contributed by atoms with van der Waals surface area (Å²) in [6, 6.07) is 13.2. The Morgan fingerprint density at radius 2 is 1.97 bits per heavy atom. The van der Waals surface area contributed by atoms with Crippen LogP contribution < -0.4 is 14.8 Å². The molecule has 0 bridgehead atoms. The number of esters is 1. The summed E-state index contributed by atoms with van der Waals surface area (Å²) in [4.78, 5) is 26.6. The van der Waals surface area contributed by atoms with Gasteiger partial charge in [0.2, 0.25) is 0 Å². The molecule has 0 saturated carbocycles. The van der Waals surface area contributed by atoms with Gasteiger partial charge in [0.1, 0.15) is 12.4 Å². The Morgan fingerprint density at radius 3 is 2.69 bits per heavy atom. The molecule has 1 heterocycles. The summed E-state index contributed by atoms with van der Waals surface area (Å²) in [6.07, 6.45) is 0. The minimum atomic E-state index is -0.652. The standard InChI is InChI=1S/C19H17N3O6S/c1-26-15-8-6-13(7-9-15)20-19-21-14(12-29-19)10-28-18(23)11-27-17-5-3-2-4-16(17)22(24)25/h2-9,12H,10-11H2,1H3,(H,20,21). The second-order valence-electron chi connectivity index (χ2n) is 5.67. The van der Waals surface area contributed by atoms with Crippen LogP contribution in [0.4, 0.5) is 16.5 Å². The summed E-state index contributed by atoms with van der Waals surface area (Å²) in [5.74, 6) is 0.111. The van der Waals surface area contributed by atoms with E-state index in [2.05, 4.69) is 10.3 Å². The summed E-state index contributed by atoms with van der Waals surface area (Å²) >= 11 is 1.37. The molecule has 0 amide bonds. The highest BCUT2D eigenvalue weighted by Gasteiger charge is 2.15. The third-order valence-electron chi connectivity index (χ3n) is 3.68. The number of thiazole rings is 1. The van der Waals surface area contributed by atoms with Crippen molar-refractivity contribution in [3.8, 4) is 11.5 Å². The zero-order valence-electron chi connectivity index (χ0n) is 15.4. The van der Waals surface area contributed by atoms with Crippen LogP contribution in [-0.4, -0.2) is 29.6 Å². The first-order chi connectivity index (χ1) is 14.0. The molecule has 1 aromatic heterocycles. The third kappa shape index (κ3) is 5.66. The maximum Gasteiger partial charge on any atom is 0.344 e. The number of nitrogens with one attached hydrogen (secondary N) is 1. The number of rotatable bonds is 9. The normalized spacial score (nSPS) is 10.2. The molecule has 0 atom stereocenters. The molecule has 0 aliphatic rings. The first kappa shape index (κ1) is 20.1. The second-order valence-corrected chi connectivity index (χ2v) is 6.53. The molecule has 0 aliphatic carbocycles. The number of methoxy groups -OCH3 is 1. The predicted octanol–water partition coefficient (Wildman–Crippen LogP) is 3.93. The van der Waals surface area contributed by atoms with Crippen molar-refractivity contribution in [2.75, 3.05) is 19.0 Å². The van der Waals surface area contributed by atoms with Crippen molar-refractivity contribution in [3.05, 3.63) is 69.7 Å². The molecule has 0 spiro atoms. The van der Waals surface area contributed by atoms with Crippen molar-refractivity contribution in [2.24, 2.45) is 0 Å². The molecule has 10 heteroatoms. The van der Waals surface area contributed by atoms with Gasteiger partial charge < -0.3 is 19.5 Å². The van der Waals surface area contributed by atoms with Gasteiger partial charge in [-0.2, -0.15) is 0 Å². The van der Waals surface area contributed by atoms with Gasteiger partial charge in [-0.1, -0.05) is 12.1 Å². The largest absolute Gasteiger partial charge is 0.497 e. The fourth-order valence-electron chi connectivity index (χ4n) is 2.29. The summed E-state index contributed by atoms with van der Waals surface area (Å²) in [6.45, 7) is -0.466. The number of carbonyl (C=O) groups excluding carboxylic acids is 1. The molecule has 0 fully saturated rings. The van der Waals surface area contributed by atoms with E-state index in [0.717, 1.165) is 11.4 Å². The van der Waals surface area contributed by atoms with E-state index in [1.807, 2.05) is 24.3 Å². The average Bonchev–Trinajstić information content (AvgIpc) is 3.18. The molecular formula is C19H17N3O6S. The first-order valence-corrected chi connectivity index (χ1v) is 9.30. The Kier molecular flexibility index (Phi) is 6.59. The van der Waals surface area contributed by atoms with E-state index in [-0.39, 0.29) is 18.0 Å². The number of nitro groups is 1. The van der Waals surface area contributed by atoms with Crippen LogP contribution in [0.5, 0.6) is 11.5 Å². The van der Waals surface area contributed by atoms with Crippen LogP contribution >= 0.6 is 11.3 Å². The van der Waals surface area contributed by atoms with Gasteiger partial charge in [0, 0.05) is 17.1 Å². The molecule has 0 unspecified atom stereocenters. The summed E-state index contributed by atoms with van der Waals surface area (Å²) < 4.78 is 15.4. The number of nitro benzene ring substituents is 1. The Balaban J connectivity index is 1.48. The fourth-order valence-corrected chi connectivity index (χ4v) is 3.01. The maximum absolute atomic E-state index is 11.9. The molecule has 1 N–H and O–H groups in total. The number of hydrogen-bond donors (Lipinski definition) is 1. The maximum atomic E-state index is 11.9. The van der Waals surface area contributed by atoms with Gasteiger partial charge in [-0.25, -0.2) is 9.78 Å². The van der Waals surface area contributed by atoms with Gasteiger partial charge in [-0.3, -0.25) is 10.1 Å². The van der Waals surface area contributed by atoms with Crippen LogP contribution in [0, 0.1) is 10.1 Å². The van der Waals surface area contributed by atoms with Crippen molar-refractivity contribution >= 4 is 33.8 Å². The van der Waals surface area contributed by atoms with E-state index in [9.17, 15) is 14.9 Å². The first-order valence-electron chi connectivity index (χ1n) is 8.42. The number of carbonyl (C=O) groups is 1. The fraction of sp³-hybridized carbons (Fsp3) is 0.158. The van der Waals surface area contributed by atoms with Gasteiger partial charge in [0.25, 0.3) is 0 Å². The van der Waals surface area contributed by atoms with Gasteiger partial charge in [0.15, 0.2) is 17.5 Å². The molecule has 150 valence electrons. The van der Waals surface area contributed by atoms with Crippen molar-refractivity contribution in [1.82, 2.24) is 4.98 Å². The minimum Gasteiger partial charge on any atom is -0.497 e. The number of hydrogen-bond acceptors (Lipinski definition) is 9. The SMILES string of the molecule is COc1ccc(Nc2nc(COC(=O)COc3ccccc3[N+](=O)[O-])cs2)cc1. The Hall–Kier alpha value is -3.66. The van der Waals surface area contributed by atoms with E-state index in [4.69, 9.17) is 14.2 Å². The van der Waals surface area contributed by atoms with E-state index in [1.54, 1.807) is 18.6 Å². The zero-order valence-corrected chi connectivity index (χ0v) is 16.2. The van der Waals surface area contributed by atoms with Gasteiger partial charge in [0.05, 0.1) is 17.7 Å². The lowest BCUT2D eigenvalue weighted by Crippen LogP contribution is -2.15. The second kappa shape index (κ2) is 9.51. The van der Waals surface area contributed by atoms with Crippen molar-refractivity contribution in [2.45, 2.75) is 6.61 Å². The molecule has 3 aromatic rings. The van der Waals surface area contributed by atoms with Crippen molar-refractivity contribution in [1.29, 1.82) is 0 Å². The van der Waals surface area contributed by atoms with Crippen LogP contribution in [0.3, 0.4) is 0 Å². The lowest BCUT2D eigenvalue weighted by atomic mass is 10.3.